The van der Waals surface area contributed by atoms with Crippen LogP contribution in [-0.2, 0) is 10.0 Å². The largest absolute Gasteiger partial charge is 0.215 e. The molecule has 3 nitrogen and oxygen atoms in total. The summed E-state index contributed by atoms with van der Waals surface area (Å²) in [6, 6.07) is 0. The van der Waals surface area contributed by atoms with Gasteiger partial charge in [-0.25, -0.2) is 13.1 Å². The first-order valence-corrected chi connectivity index (χ1v) is 7.99. The normalized spacial score (nSPS) is 13.0. The third-order valence-corrected chi connectivity index (χ3v) is 3.91. The second-order valence-electron chi connectivity index (χ2n) is 5.27. The maximum Gasteiger partial charge on any atom is 0.211 e. The van der Waals surface area contributed by atoms with Crippen molar-refractivity contribution in [3.8, 4) is 0 Å². The fourth-order valence-electron chi connectivity index (χ4n) is 1.14. The van der Waals surface area contributed by atoms with Crippen LogP contribution in [0.15, 0.2) is 0 Å². The van der Waals surface area contributed by atoms with Gasteiger partial charge < -0.3 is 0 Å². The van der Waals surface area contributed by atoms with E-state index in [4.69, 9.17) is 11.6 Å². The van der Waals surface area contributed by atoms with Gasteiger partial charge in [0.15, 0.2) is 0 Å². The summed E-state index contributed by atoms with van der Waals surface area (Å²) >= 11 is 5.53. The van der Waals surface area contributed by atoms with Crippen LogP contribution in [0.3, 0.4) is 0 Å². The van der Waals surface area contributed by atoms with Crippen molar-refractivity contribution >= 4 is 21.6 Å². The summed E-state index contributed by atoms with van der Waals surface area (Å²) in [7, 11) is -3.08. The summed E-state index contributed by atoms with van der Waals surface area (Å²) in [5, 5.41) is 0. The van der Waals surface area contributed by atoms with Gasteiger partial charge in [0.05, 0.1) is 5.75 Å². The zero-order chi connectivity index (χ0) is 12.7. The Morgan fingerprint density at radius 3 is 2.25 bits per heavy atom. The lowest BCUT2D eigenvalue weighted by Gasteiger charge is -2.17. The number of unbranched alkanes of at least 4 members (excludes halogenated alkanes) is 2. The van der Waals surface area contributed by atoms with E-state index in [9.17, 15) is 8.42 Å². The lowest BCUT2D eigenvalue weighted by Crippen LogP contribution is -2.29. The fraction of sp³-hybridized carbons (Fsp3) is 1.00. The second-order valence-corrected chi connectivity index (χ2v) is 7.58. The fourth-order valence-corrected chi connectivity index (χ4v) is 2.81. The maximum absolute atomic E-state index is 11.6. The number of hydrogen-bond donors (Lipinski definition) is 1. The average molecular weight is 270 g/mol. The molecule has 0 aliphatic carbocycles. The van der Waals surface area contributed by atoms with Gasteiger partial charge in [-0.1, -0.05) is 27.2 Å². The first-order valence-electron chi connectivity index (χ1n) is 5.80. The summed E-state index contributed by atoms with van der Waals surface area (Å²) in [6.45, 7) is 6.67. The highest BCUT2D eigenvalue weighted by atomic mass is 35.5. The minimum Gasteiger partial charge on any atom is -0.215 e. The number of sulfonamides is 1. The lowest BCUT2D eigenvalue weighted by molar-refractivity contribution is 0.396. The Kier molecular flexibility index (Phi) is 7.61. The van der Waals surface area contributed by atoms with Gasteiger partial charge in [-0.05, 0) is 24.7 Å². The Balaban J connectivity index is 3.71. The smallest absolute Gasteiger partial charge is 0.211 e. The minimum atomic E-state index is -3.08. The molecule has 1 N–H and O–H groups in total. The van der Waals surface area contributed by atoms with Crippen LogP contribution >= 0.6 is 11.6 Å². The molecule has 0 atom stereocenters. The van der Waals surface area contributed by atoms with Crippen LogP contribution in [0.5, 0.6) is 0 Å². The molecule has 0 unspecified atom stereocenters. The number of hydrogen-bond acceptors (Lipinski definition) is 2. The van der Waals surface area contributed by atoms with Gasteiger partial charge in [-0.15, -0.1) is 11.6 Å². The van der Waals surface area contributed by atoms with Gasteiger partial charge in [0.25, 0.3) is 0 Å². The molecule has 0 bridgehead atoms. The summed E-state index contributed by atoms with van der Waals surface area (Å²) in [5.74, 6) is 0.864. The number of nitrogens with one attached hydrogen (secondary N) is 1. The summed E-state index contributed by atoms with van der Waals surface area (Å²) in [4.78, 5) is 0. The summed E-state index contributed by atoms with van der Waals surface area (Å²) in [5.41, 5.74) is 0.0629. The van der Waals surface area contributed by atoms with E-state index in [0.29, 0.717) is 18.8 Å². The molecule has 0 radical (unpaired) electrons. The van der Waals surface area contributed by atoms with E-state index in [1.807, 2.05) is 20.8 Å². The Hall–Kier alpha value is 0.200. The monoisotopic (exact) mass is 269 g/mol. The van der Waals surface area contributed by atoms with Gasteiger partial charge in [-0.2, -0.15) is 0 Å². The van der Waals surface area contributed by atoms with Crippen molar-refractivity contribution in [3.05, 3.63) is 0 Å². The van der Waals surface area contributed by atoms with E-state index in [1.54, 1.807) is 0 Å². The molecule has 0 aromatic heterocycles. The van der Waals surface area contributed by atoms with Gasteiger partial charge in [0, 0.05) is 12.4 Å². The van der Waals surface area contributed by atoms with Crippen molar-refractivity contribution in [1.29, 1.82) is 0 Å². The van der Waals surface area contributed by atoms with Crippen LogP contribution in [0.1, 0.15) is 46.5 Å². The van der Waals surface area contributed by atoms with Crippen LogP contribution in [0.4, 0.5) is 0 Å². The molecule has 0 fully saturated rings. The van der Waals surface area contributed by atoms with Crippen LogP contribution in [0.25, 0.3) is 0 Å². The van der Waals surface area contributed by atoms with Crippen molar-refractivity contribution in [3.63, 3.8) is 0 Å². The highest BCUT2D eigenvalue weighted by molar-refractivity contribution is 7.89. The van der Waals surface area contributed by atoms with Crippen LogP contribution in [0.2, 0.25) is 0 Å². The number of halogens is 1. The Morgan fingerprint density at radius 1 is 1.12 bits per heavy atom. The van der Waals surface area contributed by atoms with Gasteiger partial charge >= 0.3 is 0 Å². The summed E-state index contributed by atoms with van der Waals surface area (Å²) < 4.78 is 25.8. The zero-order valence-corrected chi connectivity index (χ0v) is 12.1. The molecule has 0 spiro atoms. The van der Waals surface area contributed by atoms with Gasteiger partial charge in [0.2, 0.25) is 10.0 Å². The Bertz CT molecular complexity index is 270. The number of rotatable bonds is 8. The highest BCUT2D eigenvalue weighted by Crippen LogP contribution is 2.18. The van der Waals surface area contributed by atoms with Crippen molar-refractivity contribution < 1.29 is 8.42 Å². The molecule has 0 saturated carbocycles. The third-order valence-electron chi connectivity index (χ3n) is 2.25. The van der Waals surface area contributed by atoms with Crippen LogP contribution < -0.4 is 4.72 Å². The van der Waals surface area contributed by atoms with E-state index in [-0.39, 0.29) is 11.2 Å². The first-order chi connectivity index (χ1) is 7.27. The van der Waals surface area contributed by atoms with Crippen molar-refractivity contribution in [2.45, 2.75) is 46.5 Å². The molecule has 0 aromatic carbocycles. The SMILES string of the molecule is CC(C)(C)CCS(=O)(=O)NCCCCCCl. The summed E-state index contributed by atoms with van der Waals surface area (Å²) in [6.07, 6.45) is 3.47. The Morgan fingerprint density at radius 2 is 1.75 bits per heavy atom. The van der Waals surface area contributed by atoms with Gasteiger partial charge in [0.1, 0.15) is 0 Å². The predicted octanol–water partition coefficient (Wildman–Crippen LogP) is 2.75. The quantitative estimate of drug-likeness (QED) is 0.544. The van der Waals surface area contributed by atoms with E-state index >= 15 is 0 Å². The van der Waals surface area contributed by atoms with Crippen molar-refractivity contribution in [2.24, 2.45) is 5.41 Å². The highest BCUT2D eigenvalue weighted by Gasteiger charge is 2.16. The Labute approximate surface area is 105 Å². The minimum absolute atomic E-state index is 0.0629. The molecule has 0 saturated heterocycles. The van der Waals surface area contributed by atoms with Crippen molar-refractivity contribution in [2.75, 3.05) is 18.2 Å². The predicted molar refractivity (Wildman–Crippen MR) is 70.4 cm³/mol. The second kappa shape index (κ2) is 7.51. The molecule has 16 heavy (non-hydrogen) atoms. The van der Waals surface area contributed by atoms with Crippen LogP contribution in [0, 0.1) is 5.41 Å². The maximum atomic E-state index is 11.6. The van der Waals surface area contributed by atoms with E-state index in [0.717, 1.165) is 19.3 Å². The first kappa shape index (κ1) is 16.2. The zero-order valence-electron chi connectivity index (χ0n) is 10.6. The molecule has 0 aromatic rings. The molecule has 0 heterocycles. The van der Waals surface area contributed by atoms with E-state index in [2.05, 4.69) is 4.72 Å². The molecular weight excluding hydrogens is 246 g/mol. The molecule has 98 valence electrons. The van der Waals surface area contributed by atoms with E-state index in [1.165, 1.54) is 0 Å². The molecular formula is C11H24ClNO2S. The standard InChI is InChI=1S/C11H24ClNO2S/c1-11(2,3)7-10-16(14,15)13-9-6-4-5-8-12/h13H,4-10H2,1-3H3. The van der Waals surface area contributed by atoms with Crippen molar-refractivity contribution in [1.82, 2.24) is 4.72 Å². The number of alkyl halides is 1. The molecule has 0 amide bonds. The lowest BCUT2D eigenvalue weighted by atomic mass is 9.94. The molecule has 0 aliphatic heterocycles. The average Bonchev–Trinajstić information content (AvgIpc) is 2.14. The molecule has 5 heteroatoms. The topological polar surface area (TPSA) is 46.2 Å². The molecule has 0 aliphatic rings. The van der Waals surface area contributed by atoms with E-state index < -0.39 is 10.0 Å². The van der Waals surface area contributed by atoms with Gasteiger partial charge in [-0.3, -0.25) is 0 Å². The van der Waals surface area contributed by atoms with Crippen LogP contribution in [-0.4, -0.2) is 26.6 Å². The molecule has 0 rings (SSSR count). The third kappa shape index (κ3) is 10.7.